The van der Waals surface area contributed by atoms with Gasteiger partial charge in [0, 0.05) is 76.5 Å². The van der Waals surface area contributed by atoms with E-state index in [1.807, 2.05) is 60.5 Å². The molecule has 1 fully saturated rings. The third-order valence-corrected chi connectivity index (χ3v) is 8.67. The number of ether oxygens (including phenoxy) is 1. The monoisotopic (exact) mass is 619 g/mol. The Hall–Kier alpha value is -4.80. The predicted octanol–water partition coefficient (Wildman–Crippen LogP) is 4.42. The molecular weight excluding hydrogens is 578 g/mol. The van der Waals surface area contributed by atoms with Gasteiger partial charge in [0.25, 0.3) is 0 Å². The van der Waals surface area contributed by atoms with Gasteiger partial charge in [-0.25, -0.2) is 9.97 Å². The Bertz CT molecular complexity index is 1630. The molecule has 6 heterocycles. The number of likely N-dealkylation sites (N-methyl/N-ethyl adjacent to an activating group) is 1. The van der Waals surface area contributed by atoms with E-state index in [4.69, 9.17) is 9.72 Å². The van der Waals surface area contributed by atoms with Crippen LogP contribution in [-0.2, 0) is 27.5 Å². The molecule has 5 aliphatic heterocycles. The summed E-state index contributed by atoms with van der Waals surface area (Å²) < 4.78 is 5.80. The van der Waals surface area contributed by atoms with Crippen LogP contribution in [0.5, 0.6) is 0 Å². The van der Waals surface area contributed by atoms with Crippen LogP contribution in [0.1, 0.15) is 17.5 Å². The maximum atomic E-state index is 13.5. The highest BCUT2D eigenvalue weighted by atomic mass is 16.5. The molecular formula is C36H41N7O3. The molecule has 1 N–H and O–H groups in total. The highest BCUT2D eigenvalue weighted by molar-refractivity contribution is 5.81. The van der Waals surface area contributed by atoms with E-state index >= 15 is 0 Å². The average molecular weight is 620 g/mol. The lowest BCUT2D eigenvalue weighted by Crippen LogP contribution is -2.58. The summed E-state index contributed by atoms with van der Waals surface area (Å²) >= 11 is 0. The Morgan fingerprint density at radius 1 is 0.891 bits per heavy atom. The van der Waals surface area contributed by atoms with Crippen LogP contribution in [0.4, 0.5) is 17.3 Å². The van der Waals surface area contributed by atoms with E-state index in [1.165, 1.54) is 0 Å². The van der Waals surface area contributed by atoms with Gasteiger partial charge in [0.15, 0.2) is 0 Å². The van der Waals surface area contributed by atoms with Crippen LogP contribution in [-0.4, -0.2) is 95.9 Å². The minimum Gasteiger partial charge on any atom is -0.460 e. The highest BCUT2D eigenvalue weighted by Crippen LogP contribution is 2.24. The molecule has 0 saturated carbocycles. The lowest BCUT2D eigenvalue weighted by molar-refractivity contribution is -0.155. The molecule has 3 atom stereocenters. The molecule has 0 spiro atoms. The van der Waals surface area contributed by atoms with Crippen molar-refractivity contribution >= 4 is 29.2 Å². The van der Waals surface area contributed by atoms with Gasteiger partial charge in [-0.15, -0.1) is 0 Å². The maximum Gasteiger partial charge on any atom is 0.325 e. The molecule has 5 aliphatic rings. The first-order chi connectivity index (χ1) is 22.4. The van der Waals surface area contributed by atoms with Crippen LogP contribution in [0, 0.1) is 0 Å². The van der Waals surface area contributed by atoms with Gasteiger partial charge in [0.2, 0.25) is 11.9 Å². The number of aromatic nitrogens is 2. The van der Waals surface area contributed by atoms with Gasteiger partial charge in [-0.3, -0.25) is 19.4 Å². The standard InChI is InChI=1S/C36H41N7O3/c1-40-18-7-19-41(2)34(44)25-43-21-20-42(24-33(43)35(45)46-26-27-8-4-3-5-9-27)23-28-10-6-11-30(22-28)38-36-37-17-16-32(39-36)29-12-14-31(40)15-13-29/h3-6,8-17,22,33H,7,18-21,23-26H2,1-2H3,(H,37,38,39). The molecule has 1 saturated heterocycles. The second-order valence-electron chi connectivity index (χ2n) is 12.0. The molecule has 3 aromatic carbocycles. The molecule has 0 aliphatic carbocycles. The summed E-state index contributed by atoms with van der Waals surface area (Å²) in [4.78, 5) is 44.4. The molecule has 1 aromatic heterocycles. The van der Waals surface area contributed by atoms with Gasteiger partial charge in [-0.1, -0.05) is 54.6 Å². The van der Waals surface area contributed by atoms with Crippen molar-refractivity contribution in [2.45, 2.75) is 25.6 Å². The van der Waals surface area contributed by atoms with Gasteiger partial charge >= 0.3 is 5.97 Å². The smallest absolute Gasteiger partial charge is 0.325 e. The van der Waals surface area contributed by atoms with Crippen molar-refractivity contribution in [2.24, 2.45) is 0 Å². The van der Waals surface area contributed by atoms with Crippen LogP contribution in [0.25, 0.3) is 11.3 Å². The van der Waals surface area contributed by atoms with Crippen LogP contribution in [0.3, 0.4) is 0 Å². The van der Waals surface area contributed by atoms with Crippen molar-refractivity contribution in [3.63, 3.8) is 0 Å². The van der Waals surface area contributed by atoms with E-state index in [1.54, 1.807) is 11.1 Å². The van der Waals surface area contributed by atoms with E-state index in [0.717, 1.165) is 53.3 Å². The first-order valence-corrected chi connectivity index (χ1v) is 15.8. The van der Waals surface area contributed by atoms with Crippen molar-refractivity contribution in [3.05, 3.63) is 102 Å². The largest absolute Gasteiger partial charge is 0.460 e. The Morgan fingerprint density at radius 3 is 2.52 bits per heavy atom. The number of esters is 1. The van der Waals surface area contributed by atoms with Gasteiger partial charge in [-0.05, 0) is 47.9 Å². The molecule has 0 radical (unpaired) electrons. The summed E-state index contributed by atoms with van der Waals surface area (Å²) in [7, 11) is 3.90. The van der Waals surface area contributed by atoms with Gasteiger partial charge in [-0.2, -0.15) is 0 Å². The van der Waals surface area contributed by atoms with E-state index in [0.29, 0.717) is 32.1 Å². The Kier molecular flexibility index (Phi) is 9.85. The van der Waals surface area contributed by atoms with Crippen molar-refractivity contribution in [1.82, 2.24) is 24.7 Å². The summed E-state index contributed by atoms with van der Waals surface area (Å²) in [5, 5.41) is 3.36. The lowest BCUT2D eigenvalue weighted by Gasteiger charge is -2.40. The van der Waals surface area contributed by atoms with Gasteiger partial charge < -0.3 is 19.9 Å². The molecule has 8 bridgehead atoms. The molecule has 10 nitrogen and oxygen atoms in total. The summed E-state index contributed by atoms with van der Waals surface area (Å²) in [5.41, 5.74) is 5.85. The third kappa shape index (κ3) is 7.88. The minimum atomic E-state index is -0.553. The zero-order valence-corrected chi connectivity index (χ0v) is 26.5. The minimum absolute atomic E-state index is 0.00124. The fraction of sp³-hybridized carbons (Fsp3) is 0.333. The predicted molar refractivity (Wildman–Crippen MR) is 180 cm³/mol. The Labute approximate surface area is 270 Å². The third-order valence-electron chi connectivity index (χ3n) is 8.67. The van der Waals surface area contributed by atoms with Crippen molar-refractivity contribution in [2.75, 3.05) is 63.6 Å². The lowest BCUT2D eigenvalue weighted by atomic mass is 10.1. The zero-order valence-electron chi connectivity index (χ0n) is 26.5. The first kappa shape index (κ1) is 31.2. The van der Waals surface area contributed by atoms with Gasteiger partial charge in [0.1, 0.15) is 12.6 Å². The van der Waals surface area contributed by atoms with Crippen LogP contribution in [0.15, 0.2) is 91.1 Å². The SMILES string of the molecule is CN1CCCN(C)c2ccc(cc2)-c2ccnc(n2)Nc2cccc(c2)CN2CCN(CC1=O)C(C(=O)OCc1ccccc1)C2. The van der Waals surface area contributed by atoms with Crippen LogP contribution >= 0.6 is 0 Å². The topological polar surface area (TPSA) is 94.1 Å². The number of anilines is 3. The molecule has 9 rings (SSSR count). The molecule has 46 heavy (non-hydrogen) atoms. The van der Waals surface area contributed by atoms with Crippen molar-refractivity contribution in [1.29, 1.82) is 0 Å². The summed E-state index contributed by atoms with van der Waals surface area (Å²) in [6, 6.07) is 27.5. The average Bonchev–Trinajstić information content (AvgIpc) is 3.08. The number of nitrogens with zero attached hydrogens (tertiary/aromatic N) is 6. The van der Waals surface area contributed by atoms with E-state index < -0.39 is 6.04 Å². The number of nitrogens with one attached hydrogen (secondary N) is 1. The molecule has 3 unspecified atom stereocenters. The fourth-order valence-corrected chi connectivity index (χ4v) is 5.95. The van der Waals surface area contributed by atoms with Crippen molar-refractivity contribution in [3.8, 4) is 11.3 Å². The fourth-order valence-electron chi connectivity index (χ4n) is 5.95. The number of benzene rings is 3. The molecule has 4 aromatic rings. The molecule has 10 heteroatoms. The van der Waals surface area contributed by atoms with E-state index in [-0.39, 0.29) is 25.0 Å². The Balaban J connectivity index is 1.24. The molecule has 1 amide bonds. The number of piperazine rings is 1. The number of hydrogen-bond acceptors (Lipinski definition) is 9. The first-order valence-electron chi connectivity index (χ1n) is 15.8. The van der Waals surface area contributed by atoms with Crippen LogP contribution in [0.2, 0.25) is 0 Å². The van der Waals surface area contributed by atoms with Crippen LogP contribution < -0.4 is 10.2 Å². The van der Waals surface area contributed by atoms with Gasteiger partial charge in [0.05, 0.1) is 12.2 Å². The van der Waals surface area contributed by atoms with Crippen molar-refractivity contribution < 1.29 is 14.3 Å². The number of amides is 1. The summed E-state index contributed by atoms with van der Waals surface area (Å²) in [6.07, 6.45) is 2.58. The number of carbonyl (C=O) groups is 2. The van der Waals surface area contributed by atoms with E-state index in [2.05, 4.69) is 63.5 Å². The summed E-state index contributed by atoms with van der Waals surface area (Å²) in [5.74, 6) is 0.216. The quantitative estimate of drug-likeness (QED) is 0.335. The normalized spacial score (nSPS) is 20.7. The second kappa shape index (κ2) is 14.5. The number of carbonyl (C=O) groups excluding carboxylic acids is 2. The highest BCUT2D eigenvalue weighted by Gasteiger charge is 2.35. The number of hydrogen-bond donors (Lipinski definition) is 1. The molecule has 238 valence electrons. The summed E-state index contributed by atoms with van der Waals surface area (Å²) in [6.45, 7) is 4.22. The number of rotatable bonds is 3. The van der Waals surface area contributed by atoms with E-state index in [9.17, 15) is 9.59 Å². The zero-order chi connectivity index (χ0) is 31.9. The maximum absolute atomic E-state index is 13.5. The Morgan fingerprint density at radius 2 is 1.70 bits per heavy atom. The second-order valence-corrected chi connectivity index (χ2v) is 12.0.